The van der Waals surface area contributed by atoms with Gasteiger partial charge in [0.15, 0.2) is 0 Å². The van der Waals surface area contributed by atoms with E-state index in [4.69, 9.17) is 0 Å². The van der Waals surface area contributed by atoms with Gasteiger partial charge in [-0.25, -0.2) is 0 Å². The molecule has 0 unspecified atom stereocenters. The third-order valence-electron chi connectivity index (χ3n) is 4.15. The van der Waals surface area contributed by atoms with E-state index in [1.54, 1.807) is 29.5 Å². The second-order valence-electron chi connectivity index (χ2n) is 6.18. The molecular weight excluding hydrogens is 401 g/mol. The molecule has 4 nitrogen and oxygen atoms in total. The Kier molecular flexibility index (Phi) is 6.33. The number of carbonyl (C=O) groups excluding carboxylic acids is 2. The minimum Gasteiger partial charge on any atom is -0.350 e. The highest BCUT2D eigenvalue weighted by Gasteiger charge is 2.30. The molecule has 0 aliphatic carbocycles. The zero-order chi connectivity index (χ0) is 20.9. The third-order valence-corrected chi connectivity index (χ3v) is 4.83. The molecule has 0 bridgehead atoms. The van der Waals surface area contributed by atoms with E-state index in [1.807, 2.05) is 22.9 Å². The molecule has 0 saturated carbocycles. The highest BCUT2D eigenvalue weighted by molar-refractivity contribution is 7.08. The first kappa shape index (κ1) is 20.6. The minimum atomic E-state index is -4.44. The van der Waals surface area contributed by atoms with Gasteiger partial charge in [0.1, 0.15) is 0 Å². The number of carbonyl (C=O) groups is 2. The standard InChI is InChI=1S/C21H17F3N2O2S/c22-21(23,24)18-6-4-14(5-7-18)19(27)25-9-10-26-20(28)16-3-1-2-15(12-16)17-8-11-29-13-17/h1-8,11-13H,9-10H2,(H,25,27)(H,26,28). The van der Waals surface area contributed by atoms with Crippen molar-refractivity contribution in [2.45, 2.75) is 6.18 Å². The predicted octanol–water partition coefficient (Wildman–Crippen LogP) is 4.59. The SMILES string of the molecule is O=C(NCCNC(=O)c1cccc(-c2ccsc2)c1)c1ccc(C(F)(F)F)cc1. The maximum atomic E-state index is 12.5. The van der Waals surface area contributed by atoms with Gasteiger partial charge in [-0.3, -0.25) is 9.59 Å². The first-order chi connectivity index (χ1) is 13.8. The van der Waals surface area contributed by atoms with Gasteiger partial charge in [0, 0.05) is 24.2 Å². The number of thiophene rings is 1. The van der Waals surface area contributed by atoms with Crippen LogP contribution in [0.4, 0.5) is 13.2 Å². The van der Waals surface area contributed by atoms with E-state index < -0.39 is 17.6 Å². The molecule has 0 saturated heterocycles. The quantitative estimate of drug-likeness (QED) is 0.575. The van der Waals surface area contributed by atoms with Gasteiger partial charge in [0.05, 0.1) is 5.56 Å². The van der Waals surface area contributed by atoms with E-state index in [2.05, 4.69) is 10.6 Å². The van der Waals surface area contributed by atoms with Crippen LogP contribution in [0.15, 0.2) is 65.4 Å². The van der Waals surface area contributed by atoms with Crippen LogP contribution in [0.1, 0.15) is 26.3 Å². The van der Waals surface area contributed by atoms with Crippen molar-refractivity contribution in [2.24, 2.45) is 0 Å². The van der Waals surface area contributed by atoms with Crippen molar-refractivity contribution in [3.05, 3.63) is 82.0 Å². The molecule has 3 aromatic rings. The number of benzene rings is 2. The Morgan fingerprint density at radius 2 is 1.48 bits per heavy atom. The van der Waals surface area contributed by atoms with E-state index in [1.165, 1.54) is 0 Å². The summed E-state index contributed by atoms with van der Waals surface area (Å²) in [6.45, 7) is 0.337. The number of halogens is 3. The first-order valence-corrected chi connectivity index (χ1v) is 9.65. The summed E-state index contributed by atoms with van der Waals surface area (Å²) in [6.07, 6.45) is -4.44. The molecule has 29 heavy (non-hydrogen) atoms. The molecule has 2 N–H and O–H groups in total. The van der Waals surface area contributed by atoms with Gasteiger partial charge in [-0.2, -0.15) is 24.5 Å². The van der Waals surface area contributed by atoms with E-state index in [0.717, 1.165) is 35.4 Å². The van der Waals surface area contributed by atoms with Gasteiger partial charge in [-0.1, -0.05) is 12.1 Å². The molecule has 2 aromatic carbocycles. The Morgan fingerprint density at radius 3 is 2.07 bits per heavy atom. The van der Waals surface area contributed by atoms with Crippen LogP contribution in [0.5, 0.6) is 0 Å². The third kappa shape index (κ3) is 5.45. The molecule has 0 radical (unpaired) electrons. The monoisotopic (exact) mass is 418 g/mol. The van der Waals surface area contributed by atoms with Gasteiger partial charge >= 0.3 is 6.18 Å². The number of alkyl halides is 3. The second kappa shape index (κ2) is 8.91. The highest BCUT2D eigenvalue weighted by atomic mass is 32.1. The predicted molar refractivity (Wildman–Crippen MR) is 106 cm³/mol. The second-order valence-corrected chi connectivity index (χ2v) is 6.96. The zero-order valence-electron chi connectivity index (χ0n) is 15.1. The average molecular weight is 418 g/mol. The maximum absolute atomic E-state index is 12.5. The van der Waals surface area contributed by atoms with Gasteiger partial charge < -0.3 is 10.6 Å². The normalized spacial score (nSPS) is 11.1. The number of hydrogen-bond acceptors (Lipinski definition) is 3. The Labute approximate surface area is 169 Å². The summed E-state index contributed by atoms with van der Waals surface area (Å²) in [4.78, 5) is 24.3. The maximum Gasteiger partial charge on any atom is 0.416 e. The van der Waals surface area contributed by atoms with Crippen molar-refractivity contribution in [2.75, 3.05) is 13.1 Å². The van der Waals surface area contributed by atoms with Crippen molar-refractivity contribution in [1.29, 1.82) is 0 Å². The molecule has 0 fully saturated rings. The molecule has 0 aliphatic heterocycles. The fourth-order valence-corrected chi connectivity index (χ4v) is 3.30. The summed E-state index contributed by atoms with van der Waals surface area (Å²) in [5.74, 6) is -0.779. The molecule has 0 atom stereocenters. The minimum absolute atomic E-state index is 0.118. The van der Waals surface area contributed by atoms with Gasteiger partial charge in [0.25, 0.3) is 11.8 Å². The molecule has 0 spiro atoms. The zero-order valence-corrected chi connectivity index (χ0v) is 15.9. The molecular formula is C21H17F3N2O2S. The molecule has 1 heterocycles. The van der Waals surface area contributed by atoms with E-state index in [9.17, 15) is 22.8 Å². The van der Waals surface area contributed by atoms with E-state index >= 15 is 0 Å². The molecule has 0 aliphatic rings. The fourth-order valence-electron chi connectivity index (χ4n) is 2.64. The van der Waals surface area contributed by atoms with Crippen molar-refractivity contribution >= 4 is 23.2 Å². The molecule has 3 rings (SSSR count). The summed E-state index contributed by atoms with van der Waals surface area (Å²) in [5.41, 5.74) is 1.78. The van der Waals surface area contributed by atoms with Crippen molar-refractivity contribution < 1.29 is 22.8 Å². The molecule has 150 valence electrons. The van der Waals surface area contributed by atoms with Gasteiger partial charge in [-0.15, -0.1) is 0 Å². The van der Waals surface area contributed by atoms with Crippen molar-refractivity contribution in [3.8, 4) is 11.1 Å². The van der Waals surface area contributed by atoms with Crippen LogP contribution in [-0.4, -0.2) is 24.9 Å². The van der Waals surface area contributed by atoms with Crippen LogP contribution in [0.2, 0.25) is 0 Å². The fraction of sp³-hybridized carbons (Fsp3) is 0.143. The summed E-state index contributed by atoms with van der Waals surface area (Å²) in [6, 6.07) is 13.1. The highest BCUT2D eigenvalue weighted by Crippen LogP contribution is 2.29. The number of rotatable bonds is 6. The number of hydrogen-bond donors (Lipinski definition) is 2. The van der Waals surface area contributed by atoms with Crippen LogP contribution in [-0.2, 0) is 6.18 Å². The first-order valence-electron chi connectivity index (χ1n) is 8.71. The van der Waals surface area contributed by atoms with Crippen molar-refractivity contribution in [3.63, 3.8) is 0 Å². The summed E-state index contributed by atoms with van der Waals surface area (Å²) in [7, 11) is 0. The Hall–Kier alpha value is -3.13. The lowest BCUT2D eigenvalue weighted by Crippen LogP contribution is -2.34. The van der Waals surface area contributed by atoms with Crippen LogP contribution < -0.4 is 10.6 Å². The summed E-state index contributed by atoms with van der Waals surface area (Å²) < 4.78 is 37.6. The Morgan fingerprint density at radius 1 is 0.828 bits per heavy atom. The summed E-state index contributed by atoms with van der Waals surface area (Å²) >= 11 is 1.57. The van der Waals surface area contributed by atoms with E-state index in [0.29, 0.717) is 5.56 Å². The molecule has 1 aromatic heterocycles. The van der Waals surface area contributed by atoms with Crippen LogP contribution in [0.25, 0.3) is 11.1 Å². The molecule has 2 amide bonds. The topological polar surface area (TPSA) is 58.2 Å². The lowest BCUT2D eigenvalue weighted by Gasteiger charge is -2.09. The van der Waals surface area contributed by atoms with Gasteiger partial charge in [-0.05, 0) is 64.4 Å². The lowest BCUT2D eigenvalue weighted by molar-refractivity contribution is -0.137. The van der Waals surface area contributed by atoms with Crippen molar-refractivity contribution in [1.82, 2.24) is 10.6 Å². The van der Waals surface area contributed by atoms with E-state index in [-0.39, 0.29) is 24.6 Å². The number of amides is 2. The lowest BCUT2D eigenvalue weighted by atomic mass is 10.1. The Balaban J connectivity index is 1.48. The average Bonchev–Trinajstić information content (AvgIpc) is 3.25. The largest absolute Gasteiger partial charge is 0.416 e. The summed E-state index contributed by atoms with van der Waals surface area (Å²) in [5, 5.41) is 9.23. The van der Waals surface area contributed by atoms with Gasteiger partial charge in [0.2, 0.25) is 0 Å². The van der Waals surface area contributed by atoms with Crippen LogP contribution >= 0.6 is 11.3 Å². The van der Waals surface area contributed by atoms with Crippen LogP contribution in [0.3, 0.4) is 0 Å². The smallest absolute Gasteiger partial charge is 0.350 e. The van der Waals surface area contributed by atoms with Crippen LogP contribution in [0, 0.1) is 0 Å². The Bertz CT molecular complexity index is 984. The number of nitrogens with one attached hydrogen (secondary N) is 2. The molecule has 8 heteroatoms.